The molecule has 0 saturated carbocycles. The van der Waals surface area contributed by atoms with E-state index in [-0.39, 0.29) is 26.2 Å². The number of hydrogen-bond donors (Lipinski definition) is 3. The van der Waals surface area contributed by atoms with E-state index in [2.05, 4.69) is 16.0 Å². The average Bonchev–Trinajstić information content (AvgIpc) is 2.90. The van der Waals surface area contributed by atoms with Crippen molar-refractivity contribution in [1.29, 1.82) is 0 Å². The second kappa shape index (κ2) is 16.7. The monoisotopic (exact) mass is 541 g/mol. The van der Waals surface area contributed by atoms with E-state index in [1.807, 2.05) is 60.7 Å². The summed E-state index contributed by atoms with van der Waals surface area (Å²) in [4.78, 5) is 49.0. The molecule has 10 nitrogen and oxygen atoms in total. The predicted molar refractivity (Wildman–Crippen MR) is 146 cm³/mol. The van der Waals surface area contributed by atoms with Crippen LogP contribution < -0.4 is 16.0 Å². The summed E-state index contributed by atoms with van der Waals surface area (Å²) in [6, 6.07) is 17.7. The van der Waals surface area contributed by atoms with E-state index in [1.54, 1.807) is 20.8 Å². The molecule has 0 aliphatic carbocycles. The van der Waals surface area contributed by atoms with Gasteiger partial charge in [-0.3, -0.25) is 9.59 Å². The van der Waals surface area contributed by atoms with Crippen molar-refractivity contribution in [1.82, 2.24) is 16.0 Å². The molecule has 0 saturated heterocycles. The summed E-state index contributed by atoms with van der Waals surface area (Å²) >= 11 is 0. The molecule has 0 heterocycles. The van der Waals surface area contributed by atoms with Crippen LogP contribution in [0.5, 0.6) is 0 Å². The Hall–Kier alpha value is -4.08. The Morgan fingerprint density at radius 1 is 0.744 bits per heavy atom. The Morgan fingerprint density at radius 2 is 1.31 bits per heavy atom. The molecule has 39 heavy (non-hydrogen) atoms. The van der Waals surface area contributed by atoms with Crippen LogP contribution in [0.15, 0.2) is 60.7 Å². The third kappa shape index (κ3) is 14.4. The number of esters is 1. The fraction of sp³-hybridized carbons (Fsp3) is 0.448. The van der Waals surface area contributed by atoms with Gasteiger partial charge in [0.1, 0.15) is 24.9 Å². The highest BCUT2D eigenvalue weighted by Crippen LogP contribution is 2.08. The highest BCUT2D eigenvalue weighted by Gasteiger charge is 2.22. The lowest BCUT2D eigenvalue weighted by atomic mass is 10.1. The highest BCUT2D eigenvalue weighted by molar-refractivity contribution is 5.85. The van der Waals surface area contributed by atoms with Gasteiger partial charge in [0.05, 0.1) is 6.42 Å². The minimum absolute atomic E-state index is 0.00317. The molecule has 2 aromatic carbocycles. The highest BCUT2D eigenvalue weighted by atomic mass is 16.6. The van der Waals surface area contributed by atoms with Crippen molar-refractivity contribution in [2.24, 2.45) is 0 Å². The number of hydrogen-bond acceptors (Lipinski definition) is 7. The summed E-state index contributed by atoms with van der Waals surface area (Å²) in [5.74, 6) is -0.870. The van der Waals surface area contributed by atoms with E-state index in [4.69, 9.17) is 14.2 Å². The molecule has 3 amide bonds. The number of alkyl carbamates (subject to hydrolysis) is 2. The van der Waals surface area contributed by atoms with Crippen LogP contribution in [0.2, 0.25) is 0 Å². The number of amides is 3. The first-order valence-corrected chi connectivity index (χ1v) is 13.0. The predicted octanol–water partition coefficient (Wildman–Crippen LogP) is 4.23. The van der Waals surface area contributed by atoms with E-state index in [9.17, 15) is 19.2 Å². The maximum Gasteiger partial charge on any atom is 0.408 e. The molecular weight excluding hydrogens is 502 g/mol. The van der Waals surface area contributed by atoms with Crippen molar-refractivity contribution in [3.05, 3.63) is 71.8 Å². The third-order valence-electron chi connectivity index (χ3n) is 5.27. The maximum atomic E-state index is 12.8. The van der Waals surface area contributed by atoms with Crippen LogP contribution in [0.25, 0.3) is 0 Å². The van der Waals surface area contributed by atoms with Gasteiger partial charge in [-0.2, -0.15) is 0 Å². The van der Waals surface area contributed by atoms with Crippen LogP contribution >= 0.6 is 0 Å². The normalized spacial score (nSPS) is 11.6. The number of carbonyl (C=O) groups is 4. The number of benzene rings is 2. The molecule has 0 aromatic heterocycles. The smallest absolute Gasteiger partial charge is 0.408 e. The van der Waals surface area contributed by atoms with Crippen LogP contribution in [-0.4, -0.2) is 48.8 Å². The molecule has 1 atom stereocenters. The van der Waals surface area contributed by atoms with Crippen LogP contribution in [0.1, 0.15) is 57.6 Å². The molecule has 2 rings (SSSR count). The number of carbonyl (C=O) groups excluding carboxylic acids is 4. The Bertz CT molecular complexity index is 1040. The zero-order valence-electron chi connectivity index (χ0n) is 22.9. The van der Waals surface area contributed by atoms with Crippen molar-refractivity contribution in [3.63, 3.8) is 0 Å². The fourth-order valence-electron chi connectivity index (χ4n) is 3.42. The van der Waals surface area contributed by atoms with Gasteiger partial charge in [-0.05, 0) is 51.2 Å². The molecule has 0 aliphatic rings. The van der Waals surface area contributed by atoms with Gasteiger partial charge in [0.2, 0.25) is 5.91 Å². The zero-order chi connectivity index (χ0) is 28.5. The molecule has 212 valence electrons. The van der Waals surface area contributed by atoms with Gasteiger partial charge in [0.25, 0.3) is 0 Å². The summed E-state index contributed by atoms with van der Waals surface area (Å²) < 4.78 is 15.7. The molecular formula is C29H39N3O7. The quantitative estimate of drug-likeness (QED) is 0.185. The van der Waals surface area contributed by atoms with Crippen molar-refractivity contribution in [2.45, 2.75) is 71.3 Å². The summed E-state index contributed by atoms with van der Waals surface area (Å²) in [7, 11) is 0. The van der Waals surface area contributed by atoms with Gasteiger partial charge in [-0.25, -0.2) is 9.59 Å². The fourth-order valence-corrected chi connectivity index (χ4v) is 3.42. The van der Waals surface area contributed by atoms with Crippen molar-refractivity contribution >= 4 is 24.1 Å². The van der Waals surface area contributed by atoms with Crippen LogP contribution in [0, 0.1) is 0 Å². The Labute approximate surface area is 229 Å². The second-order valence-corrected chi connectivity index (χ2v) is 9.87. The van der Waals surface area contributed by atoms with Crippen LogP contribution in [0.4, 0.5) is 9.59 Å². The first kappa shape index (κ1) is 31.1. The number of rotatable bonds is 14. The largest absolute Gasteiger partial charge is 0.460 e. The van der Waals surface area contributed by atoms with E-state index in [1.165, 1.54) is 0 Å². The average molecular weight is 542 g/mol. The summed E-state index contributed by atoms with van der Waals surface area (Å²) in [6.45, 7) is 5.95. The maximum absolute atomic E-state index is 12.8. The van der Waals surface area contributed by atoms with Gasteiger partial charge in [-0.15, -0.1) is 0 Å². The van der Waals surface area contributed by atoms with Crippen molar-refractivity contribution in [3.8, 4) is 0 Å². The van der Waals surface area contributed by atoms with Crippen LogP contribution in [0.3, 0.4) is 0 Å². The molecule has 0 aliphatic heterocycles. The Balaban J connectivity index is 1.77. The lowest BCUT2D eigenvalue weighted by Gasteiger charge is -2.20. The molecule has 0 radical (unpaired) electrons. The lowest BCUT2D eigenvalue weighted by Crippen LogP contribution is -2.47. The van der Waals surface area contributed by atoms with Gasteiger partial charge >= 0.3 is 18.2 Å². The lowest BCUT2D eigenvalue weighted by molar-refractivity contribution is -0.154. The van der Waals surface area contributed by atoms with E-state index in [0.717, 1.165) is 11.1 Å². The van der Waals surface area contributed by atoms with Crippen LogP contribution in [-0.2, 0) is 37.0 Å². The number of nitrogens with one attached hydrogen (secondary N) is 3. The van der Waals surface area contributed by atoms with E-state index < -0.39 is 35.7 Å². The molecule has 0 bridgehead atoms. The Morgan fingerprint density at radius 3 is 1.87 bits per heavy atom. The van der Waals surface area contributed by atoms with E-state index >= 15 is 0 Å². The number of unbranched alkanes of at least 4 members (excludes halogenated alkanes) is 1. The SMILES string of the molecule is CC(C)(C)OC(=O)CCNC(=O)C(CCCCNC(=O)OCc1ccccc1)NC(=O)OCc1ccccc1. The number of ether oxygens (including phenoxy) is 3. The first-order chi connectivity index (χ1) is 18.6. The molecule has 1 unspecified atom stereocenters. The van der Waals surface area contributed by atoms with Gasteiger partial charge in [-0.1, -0.05) is 60.7 Å². The Kier molecular flexibility index (Phi) is 13.3. The minimum Gasteiger partial charge on any atom is -0.460 e. The topological polar surface area (TPSA) is 132 Å². The molecule has 2 aromatic rings. The minimum atomic E-state index is -0.878. The van der Waals surface area contributed by atoms with Crippen molar-refractivity contribution in [2.75, 3.05) is 13.1 Å². The third-order valence-corrected chi connectivity index (χ3v) is 5.27. The van der Waals surface area contributed by atoms with Gasteiger partial charge < -0.3 is 30.2 Å². The summed E-state index contributed by atoms with van der Waals surface area (Å²) in [6.07, 6.45) is 0.139. The first-order valence-electron chi connectivity index (χ1n) is 13.0. The van der Waals surface area contributed by atoms with Gasteiger partial charge in [0.15, 0.2) is 0 Å². The molecule has 0 fully saturated rings. The molecule has 3 N–H and O–H groups in total. The van der Waals surface area contributed by atoms with Crippen molar-refractivity contribution < 1.29 is 33.4 Å². The molecule has 0 spiro atoms. The van der Waals surface area contributed by atoms with E-state index in [0.29, 0.717) is 25.8 Å². The summed E-state index contributed by atoms with van der Waals surface area (Å²) in [5, 5.41) is 7.95. The van der Waals surface area contributed by atoms with Gasteiger partial charge in [0, 0.05) is 13.1 Å². The standard InChI is InChI=1S/C29H39N3O7/c1-29(2,3)39-25(33)17-19-30-26(34)24(32-28(36)38-21-23-14-8-5-9-15-23)16-10-11-18-31-27(35)37-20-22-12-6-4-7-13-22/h4-9,12-15,24H,10-11,16-21H2,1-3H3,(H,30,34)(H,31,35)(H,32,36). The molecule has 10 heteroatoms. The zero-order valence-corrected chi connectivity index (χ0v) is 22.9. The second-order valence-electron chi connectivity index (χ2n) is 9.87. The summed E-state index contributed by atoms with van der Waals surface area (Å²) in [5.41, 5.74) is 1.09.